The van der Waals surface area contributed by atoms with Gasteiger partial charge in [-0.3, -0.25) is 0 Å². The SMILES string of the molecule is CC1(C)c2ccccc2N2c3ccc(-c4cccc5c(N(c6ccc7ccccc7c6)c6cccc7ccccc67)cccc45)cc3C(C)(C)c3cccc1c32. The Morgan fingerprint density at radius 1 is 0.393 bits per heavy atom. The minimum absolute atomic E-state index is 0.0978. The molecular formula is C54H42N2. The average molecular weight is 719 g/mol. The van der Waals surface area contributed by atoms with E-state index in [1.165, 1.54) is 82.8 Å². The van der Waals surface area contributed by atoms with Gasteiger partial charge in [0.05, 0.1) is 28.4 Å². The monoisotopic (exact) mass is 718 g/mol. The molecule has 0 radical (unpaired) electrons. The quantitative estimate of drug-likeness (QED) is 0.179. The predicted octanol–water partition coefficient (Wildman–Crippen LogP) is 15.0. The normalized spacial score (nSPS) is 14.7. The second kappa shape index (κ2) is 11.9. The van der Waals surface area contributed by atoms with Crippen molar-refractivity contribution in [2.45, 2.75) is 38.5 Å². The smallest absolute Gasteiger partial charge is 0.0543 e. The summed E-state index contributed by atoms with van der Waals surface area (Å²) in [5.41, 5.74) is 15.0. The molecule has 2 aliphatic heterocycles. The van der Waals surface area contributed by atoms with Crippen molar-refractivity contribution in [1.29, 1.82) is 0 Å². The number of hydrogen-bond acceptors (Lipinski definition) is 2. The molecule has 9 aromatic rings. The lowest BCUT2D eigenvalue weighted by atomic mass is 9.66. The molecule has 56 heavy (non-hydrogen) atoms. The molecule has 0 spiro atoms. The third-order valence-corrected chi connectivity index (χ3v) is 12.8. The van der Waals surface area contributed by atoms with E-state index in [0.29, 0.717) is 0 Å². The number of nitrogens with zero attached hydrogens (tertiary/aromatic N) is 2. The van der Waals surface area contributed by atoms with Gasteiger partial charge in [0.15, 0.2) is 0 Å². The summed E-state index contributed by atoms with van der Waals surface area (Å²) in [7, 11) is 0. The summed E-state index contributed by atoms with van der Waals surface area (Å²) in [4.78, 5) is 5.00. The highest BCUT2D eigenvalue weighted by Crippen LogP contribution is 2.60. The molecule has 0 bridgehead atoms. The summed E-state index contributed by atoms with van der Waals surface area (Å²) in [5.74, 6) is 0. The first-order chi connectivity index (χ1) is 27.3. The number of para-hydroxylation sites is 2. The Balaban J connectivity index is 1.12. The van der Waals surface area contributed by atoms with Gasteiger partial charge in [-0.15, -0.1) is 0 Å². The van der Waals surface area contributed by atoms with Crippen molar-refractivity contribution in [2.24, 2.45) is 0 Å². The van der Waals surface area contributed by atoms with Crippen molar-refractivity contribution in [3.8, 4) is 11.1 Å². The van der Waals surface area contributed by atoms with Crippen LogP contribution in [0, 0.1) is 0 Å². The third kappa shape index (κ3) is 4.62. The summed E-state index contributed by atoms with van der Waals surface area (Å²) in [5, 5.41) is 7.35. The van der Waals surface area contributed by atoms with Crippen LogP contribution in [0.15, 0.2) is 182 Å². The first kappa shape index (κ1) is 32.8. The molecule has 2 nitrogen and oxygen atoms in total. The molecule has 0 saturated carbocycles. The Kier molecular flexibility index (Phi) is 6.98. The van der Waals surface area contributed by atoms with Crippen LogP contribution in [0.2, 0.25) is 0 Å². The van der Waals surface area contributed by atoms with E-state index in [-0.39, 0.29) is 10.8 Å². The van der Waals surface area contributed by atoms with Crippen molar-refractivity contribution in [1.82, 2.24) is 0 Å². The standard InChI is InChI=1S/C54H42N2/c1-53(2)44-23-9-10-26-50(44)56-51-32-30-38(34-47(51)54(3,4)46-25-14-24-45(53)52(46)56)40-20-12-22-43-42(40)21-13-28-49(43)55(39-31-29-35-15-5-6-17-37(35)33-39)48-27-11-18-36-16-7-8-19-41(36)48/h5-34H,1-4H3. The predicted molar refractivity (Wildman–Crippen MR) is 238 cm³/mol. The maximum absolute atomic E-state index is 2.54. The molecule has 0 amide bonds. The van der Waals surface area contributed by atoms with Crippen LogP contribution in [-0.4, -0.2) is 0 Å². The molecule has 268 valence electrons. The molecule has 0 atom stereocenters. The number of rotatable bonds is 4. The van der Waals surface area contributed by atoms with E-state index in [1.54, 1.807) is 0 Å². The lowest BCUT2D eigenvalue weighted by Crippen LogP contribution is -2.38. The largest absolute Gasteiger partial charge is 0.309 e. The summed E-state index contributed by atoms with van der Waals surface area (Å²) in [6, 6.07) is 67.6. The molecule has 11 rings (SSSR count). The van der Waals surface area contributed by atoms with E-state index >= 15 is 0 Å². The molecule has 0 saturated heterocycles. The van der Waals surface area contributed by atoms with Gasteiger partial charge in [0.25, 0.3) is 0 Å². The van der Waals surface area contributed by atoms with Gasteiger partial charge in [0.2, 0.25) is 0 Å². The van der Waals surface area contributed by atoms with Crippen LogP contribution >= 0.6 is 0 Å². The fourth-order valence-corrected chi connectivity index (χ4v) is 9.92. The second-order valence-corrected chi connectivity index (χ2v) is 16.6. The fourth-order valence-electron chi connectivity index (χ4n) is 9.92. The van der Waals surface area contributed by atoms with Crippen molar-refractivity contribution in [3.63, 3.8) is 0 Å². The maximum atomic E-state index is 2.54. The van der Waals surface area contributed by atoms with Gasteiger partial charge in [0, 0.05) is 27.3 Å². The summed E-state index contributed by atoms with van der Waals surface area (Å²) >= 11 is 0. The van der Waals surface area contributed by atoms with E-state index < -0.39 is 0 Å². The number of fused-ring (bicyclic) bond motifs is 7. The van der Waals surface area contributed by atoms with Gasteiger partial charge in [0.1, 0.15) is 0 Å². The van der Waals surface area contributed by atoms with Crippen LogP contribution in [0.4, 0.5) is 34.1 Å². The van der Waals surface area contributed by atoms with Crippen molar-refractivity contribution in [3.05, 3.63) is 204 Å². The number of anilines is 6. The van der Waals surface area contributed by atoms with Crippen LogP contribution in [0.3, 0.4) is 0 Å². The van der Waals surface area contributed by atoms with Crippen LogP contribution in [0.25, 0.3) is 43.4 Å². The minimum atomic E-state index is -0.202. The molecule has 2 aliphatic rings. The Hall–Kier alpha value is -6.64. The Labute approximate surface area is 328 Å². The van der Waals surface area contributed by atoms with Crippen LogP contribution in [0.5, 0.6) is 0 Å². The van der Waals surface area contributed by atoms with Gasteiger partial charge < -0.3 is 9.80 Å². The molecule has 2 heterocycles. The Morgan fingerprint density at radius 2 is 0.964 bits per heavy atom. The fraction of sp³-hybridized carbons (Fsp3) is 0.111. The van der Waals surface area contributed by atoms with E-state index in [4.69, 9.17) is 0 Å². The van der Waals surface area contributed by atoms with E-state index in [0.717, 1.165) is 17.1 Å². The van der Waals surface area contributed by atoms with Crippen LogP contribution in [-0.2, 0) is 10.8 Å². The summed E-state index contributed by atoms with van der Waals surface area (Å²) < 4.78 is 0. The second-order valence-electron chi connectivity index (χ2n) is 16.6. The molecule has 0 unspecified atom stereocenters. The third-order valence-electron chi connectivity index (χ3n) is 12.8. The van der Waals surface area contributed by atoms with Crippen molar-refractivity contribution >= 4 is 66.4 Å². The summed E-state index contributed by atoms with van der Waals surface area (Å²) in [6.07, 6.45) is 0. The molecular weight excluding hydrogens is 677 g/mol. The zero-order chi connectivity index (χ0) is 37.8. The Morgan fingerprint density at radius 3 is 1.80 bits per heavy atom. The zero-order valence-electron chi connectivity index (χ0n) is 32.2. The van der Waals surface area contributed by atoms with Crippen LogP contribution < -0.4 is 9.80 Å². The number of hydrogen-bond donors (Lipinski definition) is 0. The minimum Gasteiger partial charge on any atom is -0.309 e. The highest BCUT2D eigenvalue weighted by molar-refractivity contribution is 6.09. The van der Waals surface area contributed by atoms with Gasteiger partial charge in [-0.2, -0.15) is 0 Å². The summed E-state index contributed by atoms with van der Waals surface area (Å²) in [6.45, 7) is 9.56. The lowest BCUT2D eigenvalue weighted by Gasteiger charge is -2.49. The van der Waals surface area contributed by atoms with Crippen molar-refractivity contribution in [2.75, 3.05) is 9.80 Å². The number of benzene rings is 9. The lowest BCUT2D eigenvalue weighted by molar-refractivity contribution is 0.597. The molecule has 0 aliphatic carbocycles. The molecule has 2 heteroatoms. The van der Waals surface area contributed by atoms with Crippen LogP contribution in [0.1, 0.15) is 49.9 Å². The first-order valence-electron chi connectivity index (χ1n) is 19.8. The molecule has 0 aromatic heterocycles. The van der Waals surface area contributed by atoms with Gasteiger partial charge in [-0.1, -0.05) is 167 Å². The topological polar surface area (TPSA) is 6.48 Å². The van der Waals surface area contributed by atoms with E-state index in [9.17, 15) is 0 Å². The van der Waals surface area contributed by atoms with Gasteiger partial charge in [-0.25, -0.2) is 0 Å². The van der Waals surface area contributed by atoms with E-state index in [1.807, 2.05) is 0 Å². The average Bonchev–Trinajstić information content (AvgIpc) is 3.23. The first-order valence-corrected chi connectivity index (χ1v) is 19.8. The highest BCUT2D eigenvalue weighted by atomic mass is 15.2. The molecule has 9 aromatic carbocycles. The van der Waals surface area contributed by atoms with Gasteiger partial charge >= 0.3 is 0 Å². The molecule has 0 fully saturated rings. The Bertz CT molecular complexity index is 3050. The molecule has 0 N–H and O–H groups in total. The maximum Gasteiger partial charge on any atom is 0.0543 e. The van der Waals surface area contributed by atoms with E-state index in [2.05, 4.69) is 219 Å². The zero-order valence-corrected chi connectivity index (χ0v) is 32.2. The highest BCUT2D eigenvalue weighted by Gasteiger charge is 2.45. The van der Waals surface area contributed by atoms with Crippen molar-refractivity contribution < 1.29 is 0 Å². The van der Waals surface area contributed by atoms with Gasteiger partial charge in [-0.05, 0) is 97.4 Å².